The topological polar surface area (TPSA) is 55.4 Å². The molecule has 0 unspecified atom stereocenters. The van der Waals surface area contributed by atoms with Gasteiger partial charge in [0.15, 0.2) is 0 Å². The Labute approximate surface area is 103 Å². The Kier molecular flexibility index (Phi) is 4.45. The van der Waals surface area contributed by atoms with Crippen LogP contribution in [0, 0.1) is 12.7 Å². The predicted molar refractivity (Wildman–Crippen MR) is 61.4 cm³/mol. The van der Waals surface area contributed by atoms with Gasteiger partial charge in [-0.3, -0.25) is 9.59 Å². The molecule has 0 aliphatic heterocycles. The number of nitrogens with one attached hydrogen (secondary N) is 1. The molecule has 0 aromatic heterocycles. The number of rotatable bonds is 3. The Morgan fingerprint density at radius 2 is 2.12 bits per heavy atom. The van der Waals surface area contributed by atoms with Crippen molar-refractivity contribution in [2.75, 3.05) is 12.4 Å². The second kappa shape index (κ2) is 5.63. The van der Waals surface area contributed by atoms with Crippen molar-refractivity contribution in [2.24, 2.45) is 0 Å². The SMILES string of the molecule is COC(=O)CC(=O)Nc1cc(F)c(C)cc1Cl. The molecule has 1 aromatic carbocycles. The van der Waals surface area contributed by atoms with Crippen LogP contribution in [0.5, 0.6) is 0 Å². The number of carbonyl (C=O) groups excluding carboxylic acids is 2. The van der Waals surface area contributed by atoms with Crippen molar-refractivity contribution in [3.05, 3.63) is 28.5 Å². The van der Waals surface area contributed by atoms with E-state index >= 15 is 0 Å². The number of benzene rings is 1. The molecule has 1 aromatic rings. The summed E-state index contributed by atoms with van der Waals surface area (Å²) in [6.07, 6.45) is -0.442. The number of halogens is 2. The molecular weight excluding hydrogens is 249 g/mol. The highest BCUT2D eigenvalue weighted by Crippen LogP contribution is 2.25. The lowest BCUT2D eigenvalue weighted by atomic mass is 10.2. The molecule has 0 aliphatic rings. The van der Waals surface area contributed by atoms with Gasteiger partial charge in [-0.05, 0) is 24.6 Å². The van der Waals surface area contributed by atoms with E-state index in [4.69, 9.17) is 11.6 Å². The van der Waals surface area contributed by atoms with Crippen LogP contribution in [0.25, 0.3) is 0 Å². The summed E-state index contributed by atoms with van der Waals surface area (Å²) in [7, 11) is 1.17. The van der Waals surface area contributed by atoms with Crippen molar-refractivity contribution in [3.8, 4) is 0 Å². The van der Waals surface area contributed by atoms with E-state index in [1.54, 1.807) is 6.92 Å². The maximum Gasteiger partial charge on any atom is 0.315 e. The van der Waals surface area contributed by atoms with E-state index in [9.17, 15) is 14.0 Å². The minimum atomic E-state index is -0.675. The number of anilines is 1. The number of esters is 1. The molecule has 1 amide bonds. The zero-order chi connectivity index (χ0) is 13.0. The summed E-state index contributed by atoms with van der Waals surface area (Å²) in [4.78, 5) is 22.2. The van der Waals surface area contributed by atoms with Crippen LogP contribution in [0.4, 0.5) is 10.1 Å². The largest absolute Gasteiger partial charge is 0.469 e. The molecule has 92 valence electrons. The summed E-state index contributed by atoms with van der Waals surface area (Å²) in [6, 6.07) is 2.50. The molecule has 0 saturated heterocycles. The number of methoxy groups -OCH3 is 1. The standard InChI is InChI=1S/C11H11ClFNO3/c1-6-3-7(12)9(4-8(6)13)14-10(15)5-11(16)17-2/h3-4H,5H2,1-2H3,(H,14,15). The van der Waals surface area contributed by atoms with Crippen LogP contribution in [0.1, 0.15) is 12.0 Å². The maximum atomic E-state index is 13.2. The van der Waals surface area contributed by atoms with Crippen LogP contribution in [0.2, 0.25) is 5.02 Å². The molecule has 4 nitrogen and oxygen atoms in total. The second-order valence-electron chi connectivity index (χ2n) is 3.38. The lowest BCUT2D eigenvalue weighted by Crippen LogP contribution is -2.17. The Bertz CT molecular complexity index is 462. The summed E-state index contributed by atoms with van der Waals surface area (Å²) >= 11 is 5.82. The Hall–Kier alpha value is -1.62. The van der Waals surface area contributed by atoms with Gasteiger partial charge in [-0.15, -0.1) is 0 Å². The highest BCUT2D eigenvalue weighted by molar-refractivity contribution is 6.33. The molecular formula is C11H11ClFNO3. The Balaban J connectivity index is 2.78. The minimum absolute atomic E-state index is 0.128. The molecule has 0 spiro atoms. The smallest absolute Gasteiger partial charge is 0.315 e. The van der Waals surface area contributed by atoms with Gasteiger partial charge in [0.1, 0.15) is 12.2 Å². The summed E-state index contributed by atoms with van der Waals surface area (Å²) in [5.41, 5.74) is 0.504. The summed E-state index contributed by atoms with van der Waals surface area (Å²) in [6.45, 7) is 1.56. The van der Waals surface area contributed by atoms with Gasteiger partial charge < -0.3 is 10.1 Å². The van der Waals surface area contributed by atoms with Crippen LogP contribution in [0.15, 0.2) is 12.1 Å². The fraction of sp³-hybridized carbons (Fsp3) is 0.273. The highest BCUT2D eigenvalue weighted by atomic mass is 35.5. The van der Waals surface area contributed by atoms with Crippen LogP contribution < -0.4 is 5.32 Å². The van der Waals surface area contributed by atoms with Gasteiger partial charge in [-0.1, -0.05) is 11.6 Å². The molecule has 0 saturated carbocycles. The van der Waals surface area contributed by atoms with E-state index in [0.29, 0.717) is 5.56 Å². The van der Waals surface area contributed by atoms with E-state index in [2.05, 4.69) is 10.1 Å². The first kappa shape index (κ1) is 13.4. The van der Waals surface area contributed by atoms with Gasteiger partial charge in [0.05, 0.1) is 17.8 Å². The quantitative estimate of drug-likeness (QED) is 0.669. The fourth-order valence-electron chi connectivity index (χ4n) is 1.14. The molecule has 0 aliphatic carbocycles. The van der Waals surface area contributed by atoms with Gasteiger partial charge >= 0.3 is 5.97 Å². The summed E-state index contributed by atoms with van der Waals surface area (Å²) in [5.74, 6) is -1.77. The minimum Gasteiger partial charge on any atom is -0.469 e. The Morgan fingerprint density at radius 3 is 2.71 bits per heavy atom. The van der Waals surface area contributed by atoms with Gasteiger partial charge in [-0.2, -0.15) is 0 Å². The number of hydrogen-bond acceptors (Lipinski definition) is 3. The molecule has 0 atom stereocenters. The zero-order valence-electron chi connectivity index (χ0n) is 9.34. The lowest BCUT2D eigenvalue weighted by Gasteiger charge is -2.08. The molecule has 17 heavy (non-hydrogen) atoms. The van der Waals surface area contributed by atoms with Crippen LogP contribution in [-0.2, 0) is 14.3 Å². The third-order valence-corrected chi connectivity index (χ3v) is 2.37. The molecule has 0 bridgehead atoms. The monoisotopic (exact) mass is 259 g/mol. The highest BCUT2D eigenvalue weighted by Gasteiger charge is 2.12. The summed E-state index contributed by atoms with van der Waals surface area (Å²) < 4.78 is 17.6. The van der Waals surface area contributed by atoms with Crippen LogP contribution in [-0.4, -0.2) is 19.0 Å². The maximum absolute atomic E-state index is 13.2. The van der Waals surface area contributed by atoms with E-state index in [0.717, 1.165) is 6.07 Å². The zero-order valence-corrected chi connectivity index (χ0v) is 10.1. The number of carbonyl (C=O) groups is 2. The van der Waals surface area contributed by atoms with Crippen molar-refractivity contribution in [1.82, 2.24) is 0 Å². The van der Waals surface area contributed by atoms with Gasteiger partial charge in [0.2, 0.25) is 5.91 Å². The number of ether oxygens (including phenoxy) is 1. The van der Waals surface area contributed by atoms with Gasteiger partial charge in [0, 0.05) is 0 Å². The molecule has 1 rings (SSSR count). The van der Waals surface area contributed by atoms with Crippen molar-refractivity contribution < 1.29 is 18.7 Å². The average Bonchev–Trinajstić information content (AvgIpc) is 2.25. The third-order valence-electron chi connectivity index (χ3n) is 2.05. The van der Waals surface area contributed by atoms with Crippen LogP contribution in [0.3, 0.4) is 0 Å². The van der Waals surface area contributed by atoms with Crippen molar-refractivity contribution in [1.29, 1.82) is 0 Å². The molecule has 0 radical (unpaired) electrons. The van der Waals surface area contributed by atoms with E-state index in [-0.39, 0.29) is 10.7 Å². The number of hydrogen-bond donors (Lipinski definition) is 1. The molecule has 0 heterocycles. The van der Waals surface area contributed by atoms with Crippen molar-refractivity contribution in [2.45, 2.75) is 13.3 Å². The fourth-order valence-corrected chi connectivity index (χ4v) is 1.41. The molecule has 6 heteroatoms. The third kappa shape index (κ3) is 3.71. The van der Waals surface area contributed by atoms with E-state index in [1.165, 1.54) is 13.2 Å². The predicted octanol–water partition coefficient (Wildman–Crippen LogP) is 2.29. The first-order valence-corrected chi connectivity index (χ1v) is 5.14. The number of amides is 1. The second-order valence-corrected chi connectivity index (χ2v) is 3.79. The average molecular weight is 260 g/mol. The van der Waals surface area contributed by atoms with Crippen molar-refractivity contribution in [3.63, 3.8) is 0 Å². The lowest BCUT2D eigenvalue weighted by molar-refractivity contribution is -0.142. The first-order chi connectivity index (χ1) is 7.93. The molecule has 0 fully saturated rings. The van der Waals surface area contributed by atoms with E-state index in [1.807, 2.05) is 0 Å². The van der Waals surface area contributed by atoms with E-state index < -0.39 is 24.1 Å². The number of aryl methyl sites for hydroxylation is 1. The summed E-state index contributed by atoms with van der Waals surface area (Å²) in [5, 5.41) is 2.54. The van der Waals surface area contributed by atoms with Crippen molar-refractivity contribution >= 4 is 29.2 Å². The van der Waals surface area contributed by atoms with Gasteiger partial charge in [-0.25, -0.2) is 4.39 Å². The first-order valence-electron chi connectivity index (χ1n) is 4.76. The normalized spacial score (nSPS) is 9.88. The molecule has 1 N–H and O–H groups in total. The van der Waals surface area contributed by atoms with Gasteiger partial charge in [0.25, 0.3) is 0 Å². The Morgan fingerprint density at radius 1 is 1.47 bits per heavy atom. The van der Waals surface area contributed by atoms with Crippen LogP contribution >= 0.6 is 11.6 Å².